The first-order valence-electron chi connectivity index (χ1n) is 9.12. The van der Waals surface area contributed by atoms with Crippen molar-refractivity contribution < 1.29 is 13.2 Å². The number of hydrogen-bond acceptors (Lipinski definition) is 5. The van der Waals surface area contributed by atoms with Gasteiger partial charge in [0, 0.05) is 10.6 Å². The van der Waals surface area contributed by atoms with Gasteiger partial charge in [-0.25, -0.2) is 17.8 Å². The van der Waals surface area contributed by atoms with Crippen LogP contribution in [0.15, 0.2) is 47.4 Å². The maximum absolute atomic E-state index is 12.5. The van der Waals surface area contributed by atoms with E-state index in [1.807, 2.05) is 4.68 Å². The molecule has 1 heterocycles. The number of carbonyl (C=O) groups excluding carboxylic acids is 1. The number of halogens is 1. The van der Waals surface area contributed by atoms with Crippen LogP contribution in [0.1, 0.15) is 48.5 Å². The van der Waals surface area contributed by atoms with Gasteiger partial charge >= 0.3 is 0 Å². The normalized spacial score (nSPS) is 15.6. The van der Waals surface area contributed by atoms with Gasteiger partial charge in [-0.1, -0.05) is 36.1 Å². The smallest absolute Gasteiger partial charge is 0.265 e. The summed E-state index contributed by atoms with van der Waals surface area (Å²) in [6.07, 6.45) is 5.74. The van der Waals surface area contributed by atoms with Crippen LogP contribution in [0.2, 0.25) is 5.02 Å². The molecular weight excluding hydrogens is 400 g/mol. The summed E-state index contributed by atoms with van der Waals surface area (Å²) in [5.41, 5.74) is 1.63. The van der Waals surface area contributed by atoms with E-state index in [9.17, 15) is 13.2 Å². The minimum absolute atomic E-state index is 0.0328. The third-order valence-electron chi connectivity index (χ3n) is 5.00. The van der Waals surface area contributed by atoms with E-state index in [-0.39, 0.29) is 10.5 Å². The quantitative estimate of drug-likeness (QED) is 0.697. The Balaban J connectivity index is 1.57. The number of amides is 1. The van der Waals surface area contributed by atoms with E-state index in [4.69, 9.17) is 11.6 Å². The topological polar surface area (TPSA) is 93.9 Å². The molecule has 9 heteroatoms. The number of sulfonamides is 1. The highest BCUT2D eigenvalue weighted by atomic mass is 35.5. The van der Waals surface area contributed by atoms with Gasteiger partial charge in [-0.2, -0.15) is 0 Å². The number of benzene rings is 2. The zero-order valence-corrected chi connectivity index (χ0v) is 16.6. The molecule has 2 aromatic carbocycles. The molecule has 1 aliphatic rings. The fourth-order valence-electron chi connectivity index (χ4n) is 3.53. The number of nitrogens with one attached hydrogen (secondary N) is 1. The molecule has 0 aliphatic heterocycles. The molecule has 1 fully saturated rings. The van der Waals surface area contributed by atoms with Crippen LogP contribution in [0, 0.1) is 0 Å². The van der Waals surface area contributed by atoms with E-state index in [0.717, 1.165) is 18.4 Å². The summed E-state index contributed by atoms with van der Waals surface area (Å²) < 4.78 is 28.8. The van der Waals surface area contributed by atoms with Gasteiger partial charge in [-0.15, -0.1) is 5.10 Å². The maximum atomic E-state index is 12.5. The molecule has 146 valence electrons. The number of carbonyl (C=O) groups is 1. The third-order valence-corrected chi connectivity index (χ3v) is 6.60. The van der Waals surface area contributed by atoms with E-state index < -0.39 is 15.9 Å². The molecule has 0 saturated heterocycles. The van der Waals surface area contributed by atoms with Crippen molar-refractivity contribution in [2.45, 2.75) is 43.0 Å². The summed E-state index contributed by atoms with van der Waals surface area (Å²) in [4.78, 5) is 12.4. The van der Waals surface area contributed by atoms with Gasteiger partial charge in [0.05, 0.1) is 16.5 Å². The fraction of sp³-hybridized carbons (Fsp3) is 0.316. The van der Waals surface area contributed by atoms with Crippen LogP contribution >= 0.6 is 11.6 Å². The highest BCUT2D eigenvalue weighted by Crippen LogP contribution is 2.30. The van der Waals surface area contributed by atoms with Gasteiger partial charge in [0.15, 0.2) is 0 Å². The monoisotopic (exact) mass is 418 g/mol. The lowest BCUT2D eigenvalue weighted by Crippen LogP contribution is -2.30. The van der Waals surface area contributed by atoms with Crippen LogP contribution in [-0.2, 0) is 10.0 Å². The zero-order chi connectivity index (χ0) is 19.7. The standard InChI is InChI=1S/C19H19ClN4O3S/c20-14-7-9-16(10-8-14)28(26,27)22-19(25)13-6-11-18-17(12-13)21-23-24(18)15-4-2-1-3-5-15/h6-12,15H,1-5H2,(H,22,25). The molecule has 0 unspecified atom stereocenters. The van der Waals surface area contributed by atoms with Crippen molar-refractivity contribution in [3.05, 3.63) is 53.1 Å². The summed E-state index contributed by atoms with van der Waals surface area (Å²) in [7, 11) is -3.99. The van der Waals surface area contributed by atoms with Gasteiger partial charge in [0.2, 0.25) is 0 Å². The first kappa shape index (κ1) is 18.9. The zero-order valence-electron chi connectivity index (χ0n) is 15.0. The lowest BCUT2D eigenvalue weighted by molar-refractivity contribution is 0.0981. The second-order valence-electron chi connectivity index (χ2n) is 6.92. The summed E-state index contributed by atoms with van der Waals surface area (Å²) in [6, 6.07) is 10.9. The fourth-order valence-corrected chi connectivity index (χ4v) is 4.63. The average molecular weight is 419 g/mol. The number of rotatable bonds is 4. The lowest BCUT2D eigenvalue weighted by atomic mass is 9.95. The van der Waals surface area contributed by atoms with Crippen molar-refractivity contribution in [1.29, 1.82) is 0 Å². The molecule has 3 aromatic rings. The number of nitrogens with zero attached hydrogens (tertiary/aromatic N) is 3. The Morgan fingerprint density at radius 3 is 2.50 bits per heavy atom. The maximum Gasteiger partial charge on any atom is 0.265 e. The summed E-state index contributed by atoms with van der Waals surface area (Å²) in [6.45, 7) is 0. The average Bonchev–Trinajstić information content (AvgIpc) is 3.12. The SMILES string of the molecule is O=C(NS(=O)(=O)c1ccc(Cl)cc1)c1ccc2c(c1)nnn2C1CCCCC1. The third kappa shape index (κ3) is 3.74. The Hall–Kier alpha value is -2.45. The summed E-state index contributed by atoms with van der Waals surface area (Å²) in [5.74, 6) is -0.718. The molecule has 1 amide bonds. The molecule has 1 aromatic heterocycles. The van der Waals surface area contributed by atoms with Crippen LogP contribution in [0.25, 0.3) is 11.0 Å². The van der Waals surface area contributed by atoms with Gasteiger partial charge in [-0.3, -0.25) is 4.79 Å². The van der Waals surface area contributed by atoms with E-state index in [1.165, 1.54) is 43.5 Å². The lowest BCUT2D eigenvalue weighted by Gasteiger charge is -2.21. The Morgan fingerprint density at radius 2 is 1.79 bits per heavy atom. The van der Waals surface area contributed by atoms with E-state index in [0.29, 0.717) is 16.6 Å². The second-order valence-corrected chi connectivity index (χ2v) is 9.04. The molecule has 0 spiro atoms. The van der Waals surface area contributed by atoms with Crippen molar-refractivity contribution in [3.63, 3.8) is 0 Å². The Labute approximate surface area is 167 Å². The van der Waals surface area contributed by atoms with Crippen molar-refractivity contribution in [3.8, 4) is 0 Å². The predicted molar refractivity (Wildman–Crippen MR) is 106 cm³/mol. The van der Waals surface area contributed by atoms with Crippen LogP contribution < -0.4 is 4.72 Å². The second kappa shape index (κ2) is 7.52. The Kier molecular flexibility index (Phi) is 5.07. The predicted octanol–water partition coefficient (Wildman–Crippen LogP) is 3.71. The van der Waals surface area contributed by atoms with Crippen molar-refractivity contribution >= 4 is 38.6 Å². The van der Waals surface area contributed by atoms with Crippen LogP contribution in [0.3, 0.4) is 0 Å². The van der Waals surface area contributed by atoms with E-state index in [1.54, 1.807) is 18.2 Å². The molecule has 7 nitrogen and oxygen atoms in total. The summed E-state index contributed by atoms with van der Waals surface area (Å²) >= 11 is 5.78. The van der Waals surface area contributed by atoms with Crippen LogP contribution in [0.5, 0.6) is 0 Å². The van der Waals surface area contributed by atoms with Gasteiger partial charge < -0.3 is 0 Å². The van der Waals surface area contributed by atoms with Crippen molar-refractivity contribution in [2.75, 3.05) is 0 Å². The molecular formula is C19H19ClN4O3S. The molecule has 4 rings (SSSR count). The van der Waals surface area contributed by atoms with Crippen LogP contribution in [0.4, 0.5) is 0 Å². The molecule has 1 aliphatic carbocycles. The summed E-state index contributed by atoms with van der Waals surface area (Å²) in [5, 5.41) is 8.84. The molecule has 0 bridgehead atoms. The Morgan fingerprint density at radius 1 is 1.07 bits per heavy atom. The largest absolute Gasteiger partial charge is 0.268 e. The highest BCUT2D eigenvalue weighted by Gasteiger charge is 2.21. The number of fused-ring (bicyclic) bond motifs is 1. The Bertz CT molecular complexity index is 1120. The van der Waals surface area contributed by atoms with Crippen LogP contribution in [-0.4, -0.2) is 29.3 Å². The molecule has 1 N–H and O–H groups in total. The minimum atomic E-state index is -3.99. The van der Waals surface area contributed by atoms with Crippen molar-refractivity contribution in [2.24, 2.45) is 0 Å². The number of aromatic nitrogens is 3. The first-order valence-corrected chi connectivity index (χ1v) is 11.0. The highest BCUT2D eigenvalue weighted by molar-refractivity contribution is 7.90. The van der Waals surface area contributed by atoms with Crippen molar-refractivity contribution in [1.82, 2.24) is 19.7 Å². The minimum Gasteiger partial charge on any atom is -0.268 e. The van der Waals surface area contributed by atoms with Gasteiger partial charge in [0.25, 0.3) is 15.9 Å². The van der Waals surface area contributed by atoms with E-state index >= 15 is 0 Å². The van der Waals surface area contributed by atoms with E-state index in [2.05, 4.69) is 15.0 Å². The number of hydrogen-bond donors (Lipinski definition) is 1. The van der Waals surface area contributed by atoms with Gasteiger partial charge in [0.1, 0.15) is 5.52 Å². The first-order chi connectivity index (χ1) is 13.4. The van der Waals surface area contributed by atoms with Gasteiger partial charge in [-0.05, 0) is 55.3 Å². The molecule has 28 heavy (non-hydrogen) atoms. The molecule has 0 radical (unpaired) electrons. The molecule has 1 saturated carbocycles. The molecule has 0 atom stereocenters.